The van der Waals surface area contributed by atoms with E-state index in [0.717, 1.165) is 16.7 Å². The Labute approximate surface area is 565 Å². The van der Waals surface area contributed by atoms with Gasteiger partial charge in [0.2, 0.25) is 0 Å². The summed E-state index contributed by atoms with van der Waals surface area (Å²) in [5.41, 5.74) is 4.38. The van der Waals surface area contributed by atoms with Crippen molar-refractivity contribution in [3.63, 3.8) is 0 Å². The van der Waals surface area contributed by atoms with Gasteiger partial charge >= 0.3 is 0 Å². The van der Waals surface area contributed by atoms with Gasteiger partial charge in [0.15, 0.2) is 0 Å². The fourth-order valence-electron chi connectivity index (χ4n) is 7.86. The molecule has 0 aliphatic heterocycles. The highest BCUT2D eigenvalue weighted by Gasteiger charge is 2.15. The van der Waals surface area contributed by atoms with Gasteiger partial charge in [0, 0.05) is 38.0 Å². The highest BCUT2D eigenvalue weighted by molar-refractivity contribution is 5.77. The van der Waals surface area contributed by atoms with Gasteiger partial charge in [0.05, 0.1) is 336 Å². The first-order valence-corrected chi connectivity index (χ1v) is 33.2. The lowest BCUT2D eigenvalue weighted by atomic mass is 10.0. The largest absolute Gasteiger partial charge is 0.382 e. The van der Waals surface area contributed by atoms with Gasteiger partial charge in [-0.1, -0.05) is 15.6 Å². The van der Waals surface area contributed by atoms with Crippen LogP contribution >= 0.6 is 0 Å². The SMILES string of the molecule is COCCOCCOCCOCCOCCOCCOCCOCCn1cc(-c2cc(-c3cn(CCOCCOCCOCCOCCOCCOCCOCCOC)nn3)cc(-c3cn(CCOCCOCCOCCOCCOCCOCCOCCOC)nn3)c2)nn1. The predicted molar refractivity (Wildman–Crippen MR) is 346 cm³/mol. The molecule has 3 aromatic heterocycles. The lowest BCUT2D eigenvalue weighted by Crippen LogP contribution is -2.15. The van der Waals surface area contributed by atoms with Crippen LogP contribution in [0.15, 0.2) is 36.8 Å². The van der Waals surface area contributed by atoms with Crippen LogP contribution in [0.5, 0.6) is 0 Å². The predicted octanol–water partition coefficient (Wildman–Crippen LogP) is 1.75. The second-order valence-corrected chi connectivity index (χ2v) is 20.2. The maximum absolute atomic E-state index is 5.84. The van der Waals surface area contributed by atoms with Crippen LogP contribution in [0.25, 0.3) is 33.8 Å². The van der Waals surface area contributed by atoms with E-state index in [1.807, 2.05) is 36.8 Å². The Balaban J connectivity index is 1.10. The molecule has 0 amide bonds. The number of nitrogens with zero attached hydrogens (tertiary/aromatic N) is 9. The molecule has 33 nitrogen and oxygen atoms in total. The van der Waals surface area contributed by atoms with Gasteiger partial charge in [-0.15, -0.1) is 15.3 Å². The van der Waals surface area contributed by atoms with Crippen molar-refractivity contribution in [2.75, 3.05) is 319 Å². The molecule has 552 valence electrons. The summed E-state index contributed by atoms with van der Waals surface area (Å²) in [5.74, 6) is 0. The Hall–Kier alpha value is -4.32. The summed E-state index contributed by atoms with van der Waals surface area (Å²) in [6, 6.07) is 6.01. The van der Waals surface area contributed by atoms with Crippen molar-refractivity contribution < 1.29 is 114 Å². The minimum Gasteiger partial charge on any atom is -0.382 e. The summed E-state index contributed by atoms with van der Waals surface area (Å²) in [5, 5.41) is 26.8. The first-order chi connectivity index (χ1) is 47.7. The van der Waals surface area contributed by atoms with Crippen molar-refractivity contribution in [2.45, 2.75) is 19.6 Å². The second kappa shape index (κ2) is 64.1. The lowest BCUT2D eigenvalue weighted by molar-refractivity contribution is -0.0223. The lowest BCUT2D eigenvalue weighted by Gasteiger charge is -2.08. The fraction of sp³-hybridized carbons (Fsp3) is 0.810. The molecule has 0 saturated heterocycles. The minimum absolute atomic E-state index is 0.414. The number of rotatable bonds is 75. The normalized spacial score (nSPS) is 11.8. The average Bonchev–Trinajstić information content (AvgIpc) is 1.58. The Morgan fingerprint density at radius 1 is 0.198 bits per heavy atom. The molecule has 1 aromatic carbocycles. The first kappa shape index (κ1) is 84.1. The van der Waals surface area contributed by atoms with E-state index < -0.39 is 0 Å². The molecule has 0 N–H and O–H groups in total. The molecule has 3 heterocycles. The smallest absolute Gasteiger partial charge is 0.113 e. The molecule has 0 fully saturated rings. The second-order valence-electron chi connectivity index (χ2n) is 20.2. The standard InChI is InChI=1S/C63H111N9O24/c1-73-10-13-79-22-25-85-34-37-91-46-49-94-43-40-88-31-28-82-19-16-76-7-4-70-55-61(64-67-70)58-52-59(62-56-71(68-65-62)5-8-77-17-20-83-29-32-89-41-44-95-50-47-92-38-35-86-26-23-80-14-11-74-2)54-60(53-58)63-57-72(69-66-63)6-9-78-18-21-84-30-33-90-42-45-96-51-48-93-39-36-87-27-24-81-15-12-75-3/h52-57H,4-51H2,1-3H3. The monoisotopic (exact) mass is 1380 g/mol. The van der Waals surface area contributed by atoms with Crippen molar-refractivity contribution in [1.82, 2.24) is 45.0 Å². The van der Waals surface area contributed by atoms with E-state index in [-0.39, 0.29) is 0 Å². The van der Waals surface area contributed by atoms with Gasteiger partial charge in [-0.25, -0.2) is 14.0 Å². The van der Waals surface area contributed by atoms with Gasteiger partial charge in [0.25, 0.3) is 0 Å². The van der Waals surface area contributed by atoms with Crippen molar-refractivity contribution in [3.8, 4) is 33.8 Å². The molecule has 4 aromatic rings. The molecule has 0 spiro atoms. The summed E-state index contributed by atoms with van der Waals surface area (Å²) < 4.78 is 137. The van der Waals surface area contributed by atoms with Crippen molar-refractivity contribution in [3.05, 3.63) is 36.8 Å². The quantitative estimate of drug-likeness (QED) is 0.0569. The van der Waals surface area contributed by atoms with Crippen LogP contribution in [0.4, 0.5) is 0 Å². The maximum atomic E-state index is 5.84. The van der Waals surface area contributed by atoms with Gasteiger partial charge in [0.1, 0.15) is 17.1 Å². The van der Waals surface area contributed by atoms with E-state index >= 15 is 0 Å². The Morgan fingerprint density at radius 2 is 0.333 bits per heavy atom. The number of benzene rings is 1. The first-order valence-electron chi connectivity index (χ1n) is 33.2. The number of methoxy groups -OCH3 is 3. The van der Waals surface area contributed by atoms with Crippen LogP contribution in [-0.4, -0.2) is 364 Å². The van der Waals surface area contributed by atoms with Crippen molar-refractivity contribution in [1.29, 1.82) is 0 Å². The highest BCUT2D eigenvalue weighted by atomic mass is 16.6. The van der Waals surface area contributed by atoms with Gasteiger partial charge in [-0.2, -0.15) is 0 Å². The van der Waals surface area contributed by atoms with Gasteiger partial charge in [-0.3, -0.25) is 0 Å². The summed E-state index contributed by atoms with van der Waals surface area (Å²) in [4.78, 5) is 0. The molecule has 33 heteroatoms. The maximum Gasteiger partial charge on any atom is 0.113 e. The number of hydrogen-bond donors (Lipinski definition) is 0. The molecular weight excluding hydrogens is 1270 g/mol. The summed E-state index contributed by atoms with van der Waals surface area (Å²) in [7, 11) is 4.93. The van der Waals surface area contributed by atoms with Crippen LogP contribution in [0.3, 0.4) is 0 Å². The minimum atomic E-state index is 0.414. The number of aromatic nitrogens is 9. The molecule has 96 heavy (non-hydrogen) atoms. The van der Waals surface area contributed by atoms with Crippen LogP contribution in [0.1, 0.15) is 0 Å². The van der Waals surface area contributed by atoms with E-state index in [2.05, 4.69) is 30.9 Å². The van der Waals surface area contributed by atoms with E-state index in [4.69, 9.17) is 114 Å². The molecular formula is C63H111N9O24. The molecule has 0 atom stereocenters. The molecule has 0 aliphatic rings. The molecule has 4 rings (SSSR count). The molecule has 0 aliphatic carbocycles. The molecule has 0 radical (unpaired) electrons. The topological polar surface area (TPSA) is 314 Å². The Kier molecular flexibility index (Phi) is 56.1. The summed E-state index contributed by atoms with van der Waals surface area (Å²) >= 11 is 0. The molecule has 0 unspecified atom stereocenters. The van der Waals surface area contributed by atoms with Crippen LogP contribution < -0.4 is 0 Å². The Bertz CT molecular complexity index is 2040. The van der Waals surface area contributed by atoms with Crippen molar-refractivity contribution in [2.24, 2.45) is 0 Å². The zero-order valence-electron chi connectivity index (χ0n) is 57.2. The van der Waals surface area contributed by atoms with E-state index in [0.29, 0.717) is 334 Å². The zero-order valence-corrected chi connectivity index (χ0v) is 57.2. The van der Waals surface area contributed by atoms with E-state index in [1.165, 1.54) is 0 Å². The Morgan fingerprint density at radius 3 is 0.479 bits per heavy atom. The van der Waals surface area contributed by atoms with Gasteiger partial charge in [-0.05, 0) is 18.2 Å². The number of ether oxygens (including phenoxy) is 24. The average molecular weight is 1380 g/mol. The highest BCUT2D eigenvalue weighted by Crippen LogP contribution is 2.30. The van der Waals surface area contributed by atoms with Crippen LogP contribution in [0, 0.1) is 0 Å². The third-order valence-electron chi connectivity index (χ3n) is 12.8. The van der Waals surface area contributed by atoms with E-state index in [1.54, 1.807) is 35.4 Å². The third kappa shape index (κ3) is 47.6. The third-order valence-corrected chi connectivity index (χ3v) is 12.8. The van der Waals surface area contributed by atoms with E-state index in [9.17, 15) is 0 Å². The molecule has 0 bridgehead atoms. The molecule has 0 saturated carbocycles. The number of hydrogen-bond acceptors (Lipinski definition) is 30. The van der Waals surface area contributed by atoms with Crippen molar-refractivity contribution >= 4 is 0 Å². The summed E-state index contributed by atoms with van der Waals surface area (Å²) in [6.07, 6.45) is 5.64. The van der Waals surface area contributed by atoms with Crippen LogP contribution in [0.2, 0.25) is 0 Å². The fourth-order valence-corrected chi connectivity index (χ4v) is 7.86. The van der Waals surface area contributed by atoms with Gasteiger partial charge < -0.3 is 114 Å². The zero-order chi connectivity index (χ0) is 67.6. The van der Waals surface area contributed by atoms with Crippen LogP contribution in [-0.2, 0) is 133 Å². The summed E-state index contributed by atoms with van der Waals surface area (Å²) in [6.45, 7) is 23.2.